The maximum atomic E-state index is 12.2. The molecular formula is C16H21N3O3. The fourth-order valence-corrected chi connectivity index (χ4v) is 3.03. The average molecular weight is 303 g/mol. The number of hydrogen-bond acceptors (Lipinski definition) is 5. The Balaban J connectivity index is 1.95. The number of aromatic amines is 1. The highest BCUT2D eigenvalue weighted by Crippen LogP contribution is 2.30. The van der Waals surface area contributed by atoms with E-state index in [1.165, 1.54) is 0 Å². The smallest absolute Gasteiger partial charge is 0.341 e. The van der Waals surface area contributed by atoms with Crippen LogP contribution in [0.4, 0.5) is 5.69 Å². The van der Waals surface area contributed by atoms with Gasteiger partial charge in [-0.3, -0.25) is 0 Å². The summed E-state index contributed by atoms with van der Waals surface area (Å²) in [6.45, 7) is 2.11. The molecule has 0 spiro atoms. The number of fused-ring (bicyclic) bond motifs is 1. The first-order valence-corrected chi connectivity index (χ1v) is 7.77. The van der Waals surface area contributed by atoms with Crippen molar-refractivity contribution in [3.05, 3.63) is 24.0 Å². The van der Waals surface area contributed by atoms with Crippen LogP contribution in [0.3, 0.4) is 0 Å². The summed E-state index contributed by atoms with van der Waals surface area (Å²) in [5.74, 6) is -0.378. The number of hydrogen-bond donors (Lipinski definition) is 3. The molecule has 0 aliphatic heterocycles. The molecule has 0 radical (unpaired) electrons. The van der Waals surface area contributed by atoms with Crippen molar-refractivity contribution in [1.29, 1.82) is 0 Å². The zero-order chi connectivity index (χ0) is 15.5. The molecule has 118 valence electrons. The lowest BCUT2D eigenvalue weighted by Crippen LogP contribution is -2.30. The van der Waals surface area contributed by atoms with Gasteiger partial charge in [0.2, 0.25) is 0 Å². The van der Waals surface area contributed by atoms with E-state index in [9.17, 15) is 9.90 Å². The van der Waals surface area contributed by atoms with Crippen LogP contribution >= 0.6 is 0 Å². The molecule has 6 heteroatoms. The van der Waals surface area contributed by atoms with E-state index in [-0.39, 0.29) is 18.1 Å². The van der Waals surface area contributed by atoms with Crippen molar-refractivity contribution >= 4 is 22.7 Å². The van der Waals surface area contributed by atoms with E-state index >= 15 is 0 Å². The highest BCUT2D eigenvalue weighted by molar-refractivity contribution is 6.04. The molecule has 1 aliphatic rings. The first-order chi connectivity index (χ1) is 10.7. The molecule has 1 aliphatic carbocycles. The Kier molecular flexibility index (Phi) is 4.29. The lowest BCUT2D eigenvalue weighted by Gasteiger charge is -2.28. The fourth-order valence-electron chi connectivity index (χ4n) is 3.03. The number of esters is 1. The summed E-state index contributed by atoms with van der Waals surface area (Å²) < 4.78 is 5.13. The molecular weight excluding hydrogens is 282 g/mol. The van der Waals surface area contributed by atoms with Crippen LogP contribution in [0.5, 0.6) is 0 Å². The van der Waals surface area contributed by atoms with Crippen molar-refractivity contribution in [3.63, 3.8) is 0 Å². The molecule has 1 fully saturated rings. The summed E-state index contributed by atoms with van der Waals surface area (Å²) in [4.78, 5) is 19.5. The number of nitrogens with one attached hydrogen (secondary N) is 2. The van der Waals surface area contributed by atoms with Crippen molar-refractivity contribution in [2.24, 2.45) is 0 Å². The number of carbonyl (C=O) groups is 1. The second-order valence-electron chi connectivity index (χ2n) is 5.67. The Morgan fingerprint density at radius 2 is 2.41 bits per heavy atom. The predicted molar refractivity (Wildman–Crippen MR) is 83.9 cm³/mol. The number of carbonyl (C=O) groups excluding carboxylic acids is 1. The molecule has 0 aromatic carbocycles. The third-order valence-electron chi connectivity index (χ3n) is 4.08. The number of pyridine rings is 1. The number of aliphatic hydroxyl groups is 1. The lowest BCUT2D eigenvalue weighted by atomic mass is 9.92. The van der Waals surface area contributed by atoms with Crippen molar-refractivity contribution in [1.82, 2.24) is 9.97 Å². The number of rotatable bonds is 4. The van der Waals surface area contributed by atoms with Crippen LogP contribution in [0.2, 0.25) is 0 Å². The monoisotopic (exact) mass is 303 g/mol. The Morgan fingerprint density at radius 1 is 1.55 bits per heavy atom. The van der Waals surface area contributed by atoms with Gasteiger partial charge < -0.3 is 20.1 Å². The first-order valence-electron chi connectivity index (χ1n) is 7.77. The summed E-state index contributed by atoms with van der Waals surface area (Å²) in [6.07, 6.45) is 6.56. The molecule has 3 rings (SSSR count). The molecule has 1 saturated carbocycles. The highest BCUT2D eigenvalue weighted by atomic mass is 16.5. The number of ether oxygens (including phenoxy) is 1. The van der Waals surface area contributed by atoms with Gasteiger partial charge in [0, 0.05) is 23.8 Å². The zero-order valence-corrected chi connectivity index (χ0v) is 12.6. The summed E-state index contributed by atoms with van der Waals surface area (Å²) in [5.41, 5.74) is 1.91. The second kappa shape index (κ2) is 6.36. The standard InChI is InChI=1S/C16H21N3O3/c1-2-22-16(21)13-9-18-15-12(6-7-17-15)14(13)19-10-4-3-5-11(20)8-10/h6-7,9-11,20H,2-5,8H2,1H3,(H2,17,18,19)/t10-,11-/m0/s1. The van der Waals surface area contributed by atoms with Gasteiger partial charge in [-0.15, -0.1) is 0 Å². The van der Waals surface area contributed by atoms with Crippen LogP contribution < -0.4 is 5.32 Å². The molecule has 2 aromatic rings. The maximum absolute atomic E-state index is 12.2. The maximum Gasteiger partial charge on any atom is 0.341 e. The van der Waals surface area contributed by atoms with Crippen LogP contribution in [0, 0.1) is 0 Å². The third kappa shape index (κ3) is 2.92. The van der Waals surface area contributed by atoms with Crippen LogP contribution in [0.1, 0.15) is 43.0 Å². The predicted octanol–water partition coefficient (Wildman–Crippen LogP) is 2.46. The van der Waals surface area contributed by atoms with E-state index in [1.807, 2.05) is 6.07 Å². The average Bonchev–Trinajstić information content (AvgIpc) is 2.96. The van der Waals surface area contributed by atoms with Gasteiger partial charge in [-0.25, -0.2) is 9.78 Å². The van der Waals surface area contributed by atoms with Gasteiger partial charge in [-0.05, 0) is 38.7 Å². The van der Waals surface area contributed by atoms with Crippen molar-refractivity contribution in [2.75, 3.05) is 11.9 Å². The number of nitrogens with zero attached hydrogens (tertiary/aromatic N) is 1. The number of aromatic nitrogens is 2. The minimum absolute atomic E-state index is 0.150. The molecule has 22 heavy (non-hydrogen) atoms. The number of aliphatic hydroxyl groups excluding tert-OH is 1. The van der Waals surface area contributed by atoms with E-state index in [2.05, 4.69) is 15.3 Å². The van der Waals surface area contributed by atoms with Gasteiger partial charge in [0.05, 0.1) is 18.4 Å². The van der Waals surface area contributed by atoms with Gasteiger partial charge in [0.15, 0.2) is 0 Å². The number of H-pyrrole nitrogens is 1. The van der Waals surface area contributed by atoms with Gasteiger partial charge in [0.25, 0.3) is 0 Å². The Morgan fingerprint density at radius 3 is 3.18 bits per heavy atom. The SMILES string of the molecule is CCOC(=O)c1cnc2[nH]ccc2c1N[C@H]1CCC[C@H](O)C1. The second-order valence-corrected chi connectivity index (χ2v) is 5.67. The molecule has 6 nitrogen and oxygen atoms in total. The summed E-state index contributed by atoms with van der Waals surface area (Å²) in [7, 11) is 0. The van der Waals surface area contributed by atoms with Crippen molar-refractivity contribution in [2.45, 2.75) is 44.8 Å². The van der Waals surface area contributed by atoms with Crippen LogP contribution in [-0.2, 0) is 4.74 Å². The molecule has 0 bridgehead atoms. The van der Waals surface area contributed by atoms with E-state index in [1.54, 1.807) is 19.3 Å². The largest absolute Gasteiger partial charge is 0.462 e. The Bertz CT molecular complexity index is 668. The number of anilines is 1. The van der Waals surface area contributed by atoms with Crippen molar-refractivity contribution in [3.8, 4) is 0 Å². The molecule has 0 saturated heterocycles. The highest BCUT2D eigenvalue weighted by Gasteiger charge is 2.24. The Labute approximate surface area is 128 Å². The molecule has 2 aromatic heterocycles. The minimum Gasteiger partial charge on any atom is -0.462 e. The van der Waals surface area contributed by atoms with Gasteiger partial charge in [-0.2, -0.15) is 0 Å². The fraction of sp³-hybridized carbons (Fsp3) is 0.500. The summed E-state index contributed by atoms with van der Waals surface area (Å²) in [5, 5.41) is 14.1. The third-order valence-corrected chi connectivity index (χ3v) is 4.08. The lowest BCUT2D eigenvalue weighted by molar-refractivity contribution is 0.0527. The van der Waals surface area contributed by atoms with Crippen LogP contribution in [0.25, 0.3) is 11.0 Å². The van der Waals surface area contributed by atoms with E-state index in [0.717, 1.165) is 36.0 Å². The van der Waals surface area contributed by atoms with E-state index < -0.39 is 0 Å². The van der Waals surface area contributed by atoms with Crippen LogP contribution in [0.15, 0.2) is 18.5 Å². The van der Waals surface area contributed by atoms with Crippen molar-refractivity contribution < 1.29 is 14.6 Å². The topological polar surface area (TPSA) is 87.2 Å². The molecule has 0 unspecified atom stereocenters. The van der Waals surface area contributed by atoms with E-state index in [4.69, 9.17) is 4.74 Å². The van der Waals surface area contributed by atoms with Crippen LogP contribution in [-0.4, -0.2) is 39.8 Å². The summed E-state index contributed by atoms with van der Waals surface area (Å²) in [6, 6.07) is 2.05. The van der Waals surface area contributed by atoms with Gasteiger partial charge in [0.1, 0.15) is 11.2 Å². The zero-order valence-electron chi connectivity index (χ0n) is 12.6. The molecule has 0 amide bonds. The molecule has 3 N–H and O–H groups in total. The normalized spacial score (nSPS) is 21.7. The quantitative estimate of drug-likeness (QED) is 0.755. The first kappa shape index (κ1) is 14.8. The minimum atomic E-state index is -0.378. The van der Waals surface area contributed by atoms with E-state index in [0.29, 0.717) is 18.6 Å². The summed E-state index contributed by atoms with van der Waals surface area (Å²) >= 11 is 0. The Hall–Kier alpha value is -2.08. The van der Waals surface area contributed by atoms with Gasteiger partial charge in [-0.1, -0.05) is 0 Å². The molecule has 2 atom stereocenters. The van der Waals surface area contributed by atoms with Gasteiger partial charge >= 0.3 is 5.97 Å². The molecule has 2 heterocycles.